The van der Waals surface area contributed by atoms with E-state index in [-0.39, 0.29) is 18.3 Å². The number of para-hydroxylation sites is 1. The molecule has 0 aliphatic rings. The van der Waals surface area contributed by atoms with Crippen LogP contribution in [0.1, 0.15) is 25.3 Å². The Morgan fingerprint density at radius 3 is 2.59 bits per heavy atom. The smallest absolute Gasteiger partial charge is 0.262 e. The van der Waals surface area contributed by atoms with Gasteiger partial charge in [0, 0.05) is 11.8 Å². The Bertz CT molecular complexity index is 671. The van der Waals surface area contributed by atoms with Crippen molar-refractivity contribution in [2.75, 3.05) is 11.9 Å². The van der Waals surface area contributed by atoms with Crippen LogP contribution in [0.25, 0.3) is 0 Å². The Balaban J connectivity index is 1.99. The molecule has 0 aliphatic carbocycles. The van der Waals surface area contributed by atoms with Crippen LogP contribution in [0.4, 0.5) is 14.5 Å². The van der Waals surface area contributed by atoms with Gasteiger partial charge in [-0.1, -0.05) is 32.0 Å². The summed E-state index contributed by atoms with van der Waals surface area (Å²) in [5.41, 5.74) is 1.70. The number of halogens is 2. The first-order valence-corrected chi connectivity index (χ1v) is 6.94. The van der Waals surface area contributed by atoms with Crippen molar-refractivity contribution in [3.05, 3.63) is 59.7 Å². The fraction of sp³-hybridized carbons (Fsp3) is 0.235. The monoisotopic (exact) mass is 305 g/mol. The molecule has 0 fully saturated rings. The van der Waals surface area contributed by atoms with Crippen LogP contribution in [0.5, 0.6) is 5.75 Å². The minimum atomic E-state index is -0.838. The number of amides is 1. The topological polar surface area (TPSA) is 38.3 Å². The lowest BCUT2D eigenvalue weighted by molar-refractivity contribution is -0.118. The van der Waals surface area contributed by atoms with E-state index < -0.39 is 17.5 Å². The molecule has 3 nitrogen and oxygen atoms in total. The van der Waals surface area contributed by atoms with Crippen LogP contribution in [0.2, 0.25) is 0 Å². The molecule has 0 saturated carbocycles. The molecule has 2 aromatic carbocycles. The third kappa shape index (κ3) is 4.04. The zero-order valence-corrected chi connectivity index (χ0v) is 12.4. The van der Waals surface area contributed by atoms with Gasteiger partial charge in [0.25, 0.3) is 5.91 Å². The molecule has 0 unspecified atom stereocenters. The molecule has 116 valence electrons. The van der Waals surface area contributed by atoms with E-state index in [1.165, 1.54) is 0 Å². The Hall–Kier alpha value is -2.43. The second kappa shape index (κ2) is 7.02. The van der Waals surface area contributed by atoms with Crippen molar-refractivity contribution in [2.45, 2.75) is 19.8 Å². The summed E-state index contributed by atoms with van der Waals surface area (Å²) < 4.78 is 31.3. The number of rotatable bonds is 5. The minimum Gasteiger partial charge on any atom is -0.481 e. The van der Waals surface area contributed by atoms with Crippen molar-refractivity contribution in [1.82, 2.24) is 0 Å². The molecular formula is C17H17F2NO2. The van der Waals surface area contributed by atoms with Crippen molar-refractivity contribution in [1.29, 1.82) is 0 Å². The predicted octanol–water partition coefficient (Wildman–Crippen LogP) is 4.11. The Labute approximate surface area is 127 Å². The van der Waals surface area contributed by atoms with Crippen LogP contribution >= 0.6 is 0 Å². The summed E-state index contributed by atoms with van der Waals surface area (Å²) >= 11 is 0. The average Bonchev–Trinajstić information content (AvgIpc) is 2.46. The number of carbonyl (C=O) groups excluding carboxylic acids is 1. The van der Waals surface area contributed by atoms with E-state index in [0.717, 1.165) is 17.7 Å². The molecule has 0 bridgehead atoms. The summed E-state index contributed by atoms with van der Waals surface area (Å²) in [7, 11) is 0. The van der Waals surface area contributed by atoms with Gasteiger partial charge in [-0.2, -0.15) is 0 Å². The fourth-order valence-electron chi connectivity index (χ4n) is 2.04. The van der Waals surface area contributed by atoms with Crippen molar-refractivity contribution in [3.8, 4) is 5.75 Å². The number of carbonyl (C=O) groups is 1. The fourth-order valence-corrected chi connectivity index (χ4v) is 2.04. The van der Waals surface area contributed by atoms with E-state index in [1.54, 1.807) is 6.07 Å². The van der Waals surface area contributed by atoms with Gasteiger partial charge in [-0.25, -0.2) is 8.78 Å². The molecule has 0 aromatic heterocycles. The van der Waals surface area contributed by atoms with E-state index in [2.05, 4.69) is 5.32 Å². The highest BCUT2D eigenvalue weighted by Gasteiger charge is 2.11. The summed E-state index contributed by atoms with van der Waals surface area (Å²) in [6.07, 6.45) is 0. The SMILES string of the molecule is CC(C)c1ccccc1NC(=O)COc1ccc(F)cc1F. The van der Waals surface area contributed by atoms with Gasteiger partial charge >= 0.3 is 0 Å². The third-order valence-corrected chi connectivity index (χ3v) is 3.11. The minimum absolute atomic E-state index is 0.159. The molecular weight excluding hydrogens is 288 g/mol. The second-order valence-corrected chi connectivity index (χ2v) is 5.15. The van der Waals surface area contributed by atoms with Gasteiger partial charge in [0.2, 0.25) is 0 Å². The first-order chi connectivity index (χ1) is 10.5. The van der Waals surface area contributed by atoms with Gasteiger partial charge in [0.15, 0.2) is 18.2 Å². The zero-order valence-electron chi connectivity index (χ0n) is 12.4. The third-order valence-electron chi connectivity index (χ3n) is 3.11. The Kier molecular flexibility index (Phi) is 5.09. The highest BCUT2D eigenvalue weighted by Crippen LogP contribution is 2.23. The molecule has 0 spiro atoms. The molecule has 22 heavy (non-hydrogen) atoms. The molecule has 5 heteroatoms. The van der Waals surface area contributed by atoms with E-state index in [4.69, 9.17) is 4.74 Å². The molecule has 2 rings (SSSR count). The summed E-state index contributed by atoms with van der Waals surface area (Å²) in [6, 6.07) is 10.4. The molecule has 0 heterocycles. The van der Waals surface area contributed by atoms with Gasteiger partial charge in [-0.15, -0.1) is 0 Å². The van der Waals surface area contributed by atoms with Crippen molar-refractivity contribution in [3.63, 3.8) is 0 Å². The summed E-state index contributed by atoms with van der Waals surface area (Å²) in [6.45, 7) is 3.69. The molecule has 1 N–H and O–H groups in total. The van der Waals surface area contributed by atoms with Crippen LogP contribution in [0.3, 0.4) is 0 Å². The van der Waals surface area contributed by atoms with E-state index in [1.807, 2.05) is 32.0 Å². The Morgan fingerprint density at radius 1 is 1.18 bits per heavy atom. The number of hydrogen-bond donors (Lipinski definition) is 1. The largest absolute Gasteiger partial charge is 0.481 e. The van der Waals surface area contributed by atoms with Gasteiger partial charge in [-0.05, 0) is 29.7 Å². The highest BCUT2D eigenvalue weighted by atomic mass is 19.1. The molecule has 0 aliphatic heterocycles. The maximum Gasteiger partial charge on any atom is 0.262 e. The molecule has 1 amide bonds. The van der Waals surface area contributed by atoms with Gasteiger partial charge < -0.3 is 10.1 Å². The standard InChI is InChI=1S/C17H17F2NO2/c1-11(2)13-5-3-4-6-15(13)20-17(21)10-22-16-8-7-12(18)9-14(16)19/h3-9,11H,10H2,1-2H3,(H,20,21). The molecule has 0 radical (unpaired) electrons. The van der Waals surface area contributed by atoms with Crippen molar-refractivity contribution < 1.29 is 18.3 Å². The summed E-state index contributed by atoms with van der Waals surface area (Å²) in [4.78, 5) is 11.9. The van der Waals surface area contributed by atoms with E-state index in [9.17, 15) is 13.6 Å². The Morgan fingerprint density at radius 2 is 1.91 bits per heavy atom. The quantitative estimate of drug-likeness (QED) is 0.903. The number of benzene rings is 2. The number of nitrogens with one attached hydrogen (secondary N) is 1. The van der Waals surface area contributed by atoms with Gasteiger partial charge in [0.1, 0.15) is 5.82 Å². The molecule has 0 saturated heterocycles. The lowest BCUT2D eigenvalue weighted by Gasteiger charge is -2.14. The van der Waals surface area contributed by atoms with E-state index >= 15 is 0 Å². The van der Waals surface area contributed by atoms with Crippen LogP contribution in [-0.4, -0.2) is 12.5 Å². The number of ether oxygens (including phenoxy) is 1. The molecule has 2 aromatic rings. The van der Waals surface area contributed by atoms with Crippen LogP contribution in [0.15, 0.2) is 42.5 Å². The van der Waals surface area contributed by atoms with Gasteiger partial charge in [0.05, 0.1) is 0 Å². The van der Waals surface area contributed by atoms with E-state index in [0.29, 0.717) is 11.8 Å². The van der Waals surface area contributed by atoms with Crippen molar-refractivity contribution in [2.24, 2.45) is 0 Å². The maximum atomic E-state index is 13.4. The first kappa shape index (κ1) is 15.9. The van der Waals surface area contributed by atoms with Crippen LogP contribution in [0, 0.1) is 11.6 Å². The van der Waals surface area contributed by atoms with Crippen molar-refractivity contribution >= 4 is 11.6 Å². The lowest BCUT2D eigenvalue weighted by atomic mass is 10.0. The summed E-state index contributed by atoms with van der Waals surface area (Å²) in [5, 5.41) is 2.73. The second-order valence-electron chi connectivity index (χ2n) is 5.15. The average molecular weight is 305 g/mol. The molecule has 0 atom stereocenters. The highest BCUT2D eigenvalue weighted by molar-refractivity contribution is 5.92. The van der Waals surface area contributed by atoms with Crippen LogP contribution < -0.4 is 10.1 Å². The number of hydrogen-bond acceptors (Lipinski definition) is 2. The normalized spacial score (nSPS) is 10.6. The lowest BCUT2D eigenvalue weighted by Crippen LogP contribution is -2.21. The first-order valence-electron chi connectivity index (χ1n) is 6.94. The zero-order chi connectivity index (χ0) is 16.1. The maximum absolute atomic E-state index is 13.4. The van der Waals surface area contributed by atoms with Gasteiger partial charge in [-0.3, -0.25) is 4.79 Å². The summed E-state index contributed by atoms with van der Waals surface area (Å²) in [5.74, 6) is -1.84. The number of anilines is 1. The predicted molar refractivity (Wildman–Crippen MR) is 81.0 cm³/mol. The van der Waals surface area contributed by atoms with Crippen LogP contribution in [-0.2, 0) is 4.79 Å².